The molecule has 0 spiro atoms. The van der Waals surface area contributed by atoms with Gasteiger partial charge in [-0.05, 0) is 19.1 Å². The largest absolute Gasteiger partial charge is 0.361 e. The monoisotopic (exact) mass is 316 g/mol. The summed E-state index contributed by atoms with van der Waals surface area (Å²) in [6.45, 7) is 4.48. The number of carbonyl (C=O) groups is 1. The molecule has 0 saturated carbocycles. The maximum Gasteiger partial charge on any atom is 0.259 e. The van der Waals surface area contributed by atoms with Crippen LogP contribution in [0, 0.1) is 6.92 Å². The normalized spacial score (nSPS) is 14.9. The van der Waals surface area contributed by atoms with Crippen molar-refractivity contribution in [3.63, 3.8) is 0 Å². The number of aromatic nitrogens is 3. The predicted molar refractivity (Wildman–Crippen MR) is 85.7 cm³/mol. The summed E-state index contributed by atoms with van der Waals surface area (Å²) in [5, 5.41) is 12.1. The van der Waals surface area contributed by atoms with Crippen molar-refractivity contribution < 1.29 is 9.32 Å². The van der Waals surface area contributed by atoms with Crippen molar-refractivity contribution >= 4 is 17.5 Å². The molecule has 1 aliphatic rings. The first-order valence-corrected chi connectivity index (χ1v) is 7.53. The lowest BCUT2D eigenvalue weighted by Gasteiger charge is -2.35. The Labute approximate surface area is 134 Å². The molecular formula is C15H20N6O2. The fourth-order valence-corrected chi connectivity index (χ4v) is 2.54. The molecule has 1 saturated heterocycles. The molecule has 0 aromatic carbocycles. The SMILES string of the molecule is Cc1oncc1C(=O)N1CCN(c2ccc(N(C)C)nn2)CC1. The van der Waals surface area contributed by atoms with Gasteiger partial charge < -0.3 is 19.2 Å². The van der Waals surface area contributed by atoms with Gasteiger partial charge in [-0.2, -0.15) is 0 Å². The minimum Gasteiger partial charge on any atom is -0.361 e. The fraction of sp³-hybridized carbons (Fsp3) is 0.467. The summed E-state index contributed by atoms with van der Waals surface area (Å²) in [6, 6.07) is 3.91. The van der Waals surface area contributed by atoms with Crippen LogP contribution in [0.2, 0.25) is 0 Å². The maximum atomic E-state index is 12.4. The maximum absolute atomic E-state index is 12.4. The van der Waals surface area contributed by atoms with E-state index in [1.54, 1.807) is 6.92 Å². The van der Waals surface area contributed by atoms with Gasteiger partial charge in [0.2, 0.25) is 0 Å². The number of carbonyl (C=O) groups excluding carboxylic acids is 1. The van der Waals surface area contributed by atoms with Crippen LogP contribution in [0.25, 0.3) is 0 Å². The van der Waals surface area contributed by atoms with Gasteiger partial charge in [-0.3, -0.25) is 4.79 Å². The summed E-state index contributed by atoms with van der Waals surface area (Å²) in [4.78, 5) is 18.3. The Morgan fingerprint density at radius 2 is 1.91 bits per heavy atom. The van der Waals surface area contributed by atoms with Gasteiger partial charge in [-0.25, -0.2) is 0 Å². The first-order valence-electron chi connectivity index (χ1n) is 7.53. The van der Waals surface area contributed by atoms with Crippen molar-refractivity contribution in [2.24, 2.45) is 0 Å². The Morgan fingerprint density at radius 3 is 2.43 bits per heavy atom. The number of anilines is 2. The second kappa shape index (κ2) is 6.23. The lowest BCUT2D eigenvalue weighted by atomic mass is 10.2. The van der Waals surface area contributed by atoms with E-state index in [4.69, 9.17) is 4.52 Å². The predicted octanol–water partition coefficient (Wildman–Crippen LogP) is 0.801. The van der Waals surface area contributed by atoms with Gasteiger partial charge in [0, 0.05) is 40.3 Å². The third-order valence-corrected chi connectivity index (χ3v) is 3.97. The molecule has 8 nitrogen and oxygen atoms in total. The second-order valence-corrected chi connectivity index (χ2v) is 5.72. The lowest BCUT2D eigenvalue weighted by Crippen LogP contribution is -2.49. The molecule has 1 amide bonds. The quantitative estimate of drug-likeness (QED) is 0.828. The number of piperazine rings is 1. The smallest absolute Gasteiger partial charge is 0.259 e. The Bertz CT molecular complexity index is 674. The van der Waals surface area contributed by atoms with Gasteiger partial charge in [-0.15, -0.1) is 10.2 Å². The van der Waals surface area contributed by atoms with Crippen molar-refractivity contribution in [2.75, 3.05) is 50.1 Å². The second-order valence-electron chi connectivity index (χ2n) is 5.72. The highest BCUT2D eigenvalue weighted by molar-refractivity contribution is 5.94. The third kappa shape index (κ3) is 3.10. The van der Waals surface area contributed by atoms with E-state index in [1.165, 1.54) is 6.20 Å². The molecular weight excluding hydrogens is 296 g/mol. The average molecular weight is 316 g/mol. The molecule has 1 aliphatic heterocycles. The van der Waals surface area contributed by atoms with E-state index >= 15 is 0 Å². The minimum atomic E-state index is -0.0301. The van der Waals surface area contributed by atoms with E-state index in [2.05, 4.69) is 20.3 Å². The van der Waals surface area contributed by atoms with Crippen molar-refractivity contribution in [1.29, 1.82) is 0 Å². The molecule has 0 atom stereocenters. The zero-order valence-electron chi connectivity index (χ0n) is 13.6. The number of amides is 1. The highest BCUT2D eigenvalue weighted by atomic mass is 16.5. The summed E-state index contributed by atoms with van der Waals surface area (Å²) < 4.78 is 4.97. The molecule has 0 unspecified atom stereocenters. The van der Waals surface area contributed by atoms with Crippen LogP contribution in [0.15, 0.2) is 22.9 Å². The Kier molecular flexibility index (Phi) is 4.14. The van der Waals surface area contributed by atoms with E-state index in [0.717, 1.165) is 24.7 Å². The fourth-order valence-electron chi connectivity index (χ4n) is 2.54. The van der Waals surface area contributed by atoms with Crippen LogP contribution in [-0.4, -0.2) is 66.4 Å². The summed E-state index contributed by atoms with van der Waals surface area (Å²) in [7, 11) is 3.86. The highest BCUT2D eigenvalue weighted by Gasteiger charge is 2.25. The van der Waals surface area contributed by atoms with E-state index in [0.29, 0.717) is 24.4 Å². The summed E-state index contributed by atoms with van der Waals surface area (Å²) >= 11 is 0. The van der Waals surface area contributed by atoms with Crippen molar-refractivity contribution in [2.45, 2.75) is 6.92 Å². The van der Waals surface area contributed by atoms with Crippen LogP contribution >= 0.6 is 0 Å². The first kappa shape index (κ1) is 15.3. The zero-order chi connectivity index (χ0) is 16.4. The third-order valence-electron chi connectivity index (χ3n) is 3.97. The van der Waals surface area contributed by atoms with Crippen LogP contribution in [-0.2, 0) is 0 Å². The average Bonchev–Trinajstić information content (AvgIpc) is 3.00. The van der Waals surface area contributed by atoms with Gasteiger partial charge in [0.05, 0.1) is 6.20 Å². The Morgan fingerprint density at radius 1 is 1.17 bits per heavy atom. The minimum absolute atomic E-state index is 0.0301. The van der Waals surface area contributed by atoms with Crippen LogP contribution in [0.5, 0.6) is 0 Å². The summed E-state index contributed by atoms with van der Waals surface area (Å²) in [5.74, 6) is 2.19. The molecule has 3 rings (SSSR count). The Balaban J connectivity index is 1.62. The number of aryl methyl sites for hydroxylation is 1. The number of hydrogen-bond donors (Lipinski definition) is 0. The van der Waals surface area contributed by atoms with Crippen LogP contribution in [0.4, 0.5) is 11.6 Å². The van der Waals surface area contributed by atoms with Gasteiger partial charge in [0.1, 0.15) is 11.3 Å². The molecule has 1 fully saturated rings. The topological polar surface area (TPSA) is 78.6 Å². The molecule has 2 aromatic heterocycles. The molecule has 0 aliphatic carbocycles. The lowest BCUT2D eigenvalue weighted by molar-refractivity contribution is 0.0744. The standard InChI is InChI=1S/C15H20N6O2/c1-11-12(10-16-23-11)15(22)21-8-6-20(7-9-21)14-5-4-13(17-18-14)19(2)3/h4-5,10H,6-9H2,1-3H3. The van der Waals surface area contributed by atoms with E-state index in [9.17, 15) is 4.79 Å². The molecule has 3 heterocycles. The molecule has 0 radical (unpaired) electrons. The first-order chi connectivity index (χ1) is 11.1. The zero-order valence-corrected chi connectivity index (χ0v) is 13.6. The Hall–Kier alpha value is -2.64. The van der Waals surface area contributed by atoms with Gasteiger partial charge >= 0.3 is 0 Å². The van der Waals surface area contributed by atoms with E-state index < -0.39 is 0 Å². The van der Waals surface area contributed by atoms with Crippen LogP contribution in [0.3, 0.4) is 0 Å². The van der Waals surface area contributed by atoms with E-state index in [1.807, 2.05) is 36.0 Å². The summed E-state index contributed by atoms with van der Waals surface area (Å²) in [6.07, 6.45) is 1.48. The van der Waals surface area contributed by atoms with Gasteiger partial charge in [0.15, 0.2) is 11.6 Å². The molecule has 0 N–H and O–H groups in total. The molecule has 23 heavy (non-hydrogen) atoms. The number of nitrogens with zero attached hydrogens (tertiary/aromatic N) is 6. The van der Waals surface area contributed by atoms with Crippen LogP contribution in [0.1, 0.15) is 16.1 Å². The molecule has 8 heteroatoms. The van der Waals surface area contributed by atoms with Crippen molar-refractivity contribution in [1.82, 2.24) is 20.3 Å². The van der Waals surface area contributed by atoms with E-state index in [-0.39, 0.29) is 5.91 Å². The molecule has 2 aromatic rings. The van der Waals surface area contributed by atoms with Crippen LogP contribution < -0.4 is 9.80 Å². The number of hydrogen-bond acceptors (Lipinski definition) is 7. The summed E-state index contributed by atoms with van der Waals surface area (Å²) in [5.41, 5.74) is 0.536. The van der Waals surface area contributed by atoms with Gasteiger partial charge in [-0.1, -0.05) is 5.16 Å². The molecule has 122 valence electrons. The van der Waals surface area contributed by atoms with Crippen molar-refractivity contribution in [3.8, 4) is 0 Å². The highest BCUT2D eigenvalue weighted by Crippen LogP contribution is 2.17. The number of rotatable bonds is 3. The van der Waals surface area contributed by atoms with Gasteiger partial charge in [0.25, 0.3) is 5.91 Å². The molecule has 0 bridgehead atoms. The van der Waals surface area contributed by atoms with Crippen molar-refractivity contribution in [3.05, 3.63) is 29.7 Å².